The van der Waals surface area contributed by atoms with Crippen LogP contribution in [0, 0.1) is 0 Å². The van der Waals surface area contributed by atoms with E-state index in [0.29, 0.717) is 0 Å². The number of halogens is 11. The molecule has 0 saturated heterocycles. The van der Waals surface area contributed by atoms with E-state index in [2.05, 4.69) is 0 Å². The Hall–Kier alpha value is -1.03. The van der Waals surface area contributed by atoms with Crippen molar-refractivity contribution in [2.75, 3.05) is 0 Å². The van der Waals surface area contributed by atoms with Gasteiger partial charge in [0.1, 0.15) is 0 Å². The molecule has 0 aliphatic rings. The van der Waals surface area contributed by atoms with E-state index in [4.69, 9.17) is 0 Å². The molecular weight excluding hydrogens is 293 g/mol. The van der Waals surface area contributed by atoms with E-state index in [1.165, 1.54) is 0 Å². The van der Waals surface area contributed by atoms with Crippen LogP contribution >= 0.6 is 0 Å². The Bertz CT molecular complexity index is 310. The van der Waals surface area contributed by atoms with Gasteiger partial charge in [0.05, 0.1) is 6.33 Å². The fourth-order valence-electron chi connectivity index (χ4n) is 0.871. The maximum atomic E-state index is 12.9. The van der Waals surface area contributed by atoms with E-state index in [9.17, 15) is 48.3 Å². The maximum Gasteiger partial charge on any atom is 0.432 e. The Balaban J connectivity index is 5.79. The Kier molecular flexibility index (Phi) is 4.31. The summed E-state index contributed by atoms with van der Waals surface area (Å²) in [5, 5.41) is 0. The lowest BCUT2D eigenvalue weighted by Gasteiger charge is -2.34. The Morgan fingerprint density at radius 1 is 0.778 bits per heavy atom. The zero-order chi connectivity index (χ0) is 15.0. The monoisotopic (exact) mass is 296 g/mol. The zero-order valence-electron chi connectivity index (χ0n) is 7.89. The van der Waals surface area contributed by atoms with E-state index in [1.807, 2.05) is 0 Å². The molecule has 0 aliphatic carbocycles. The largest absolute Gasteiger partial charge is 0.432 e. The Morgan fingerprint density at radius 2 is 1.17 bits per heavy atom. The Morgan fingerprint density at radius 3 is 1.39 bits per heavy atom. The molecule has 0 rings (SSSR count). The van der Waals surface area contributed by atoms with Crippen LogP contribution in [0.4, 0.5) is 48.3 Å². The van der Waals surface area contributed by atoms with E-state index in [1.54, 1.807) is 0 Å². The second kappa shape index (κ2) is 4.57. The van der Waals surface area contributed by atoms with E-state index in [-0.39, 0.29) is 0 Å². The third kappa shape index (κ3) is 2.69. The molecule has 0 saturated carbocycles. The molecule has 0 amide bonds. The van der Waals surface area contributed by atoms with E-state index >= 15 is 0 Å². The van der Waals surface area contributed by atoms with Crippen molar-refractivity contribution in [2.45, 2.75) is 30.1 Å². The highest BCUT2D eigenvalue weighted by Crippen LogP contribution is 2.51. The average Bonchev–Trinajstić information content (AvgIpc) is 2.13. The van der Waals surface area contributed by atoms with E-state index < -0.39 is 42.5 Å². The van der Waals surface area contributed by atoms with Crippen LogP contribution in [0.25, 0.3) is 0 Å². The predicted molar refractivity (Wildman–Crippen MR) is 36.0 cm³/mol. The van der Waals surface area contributed by atoms with Gasteiger partial charge in [0.15, 0.2) is 0 Å². The van der Waals surface area contributed by atoms with Crippen LogP contribution in [-0.2, 0) is 0 Å². The molecule has 0 fully saturated rings. The van der Waals surface area contributed by atoms with Crippen LogP contribution in [0.3, 0.4) is 0 Å². The van der Waals surface area contributed by atoms with Crippen molar-refractivity contribution in [3.63, 3.8) is 0 Å². The third-order valence-corrected chi connectivity index (χ3v) is 1.80. The van der Waals surface area contributed by atoms with Gasteiger partial charge < -0.3 is 0 Å². The second-order valence-corrected chi connectivity index (χ2v) is 3.03. The molecule has 0 aromatic rings. The molecule has 0 radical (unpaired) electrons. The molecule has 0 heterocycles. The molecule has 2 atom stereocenters. The van der Waals surface area contributed by atoms with Gasteiger partial charge in [-0.3, -0.25) is 0 Å². The van der Waals surface area contributed by atoms with Crippen molar-refractivity contribution in [2.24, 2.45) is 0 Å². The van der Waals surface area contributed by atoms with Crippen LogP contribution in [0.15, 0.2) is 12.4 Å². The number of hydrogen-bond acceptors (Lipinski definition) is 0. The SMILES string of the molecule is FC=CC(F)(C(F)(F)F)C(F)(F)C(F)C(F)(F)F. The lowest BCUT2D eigenvalue weighted by Crippen LogP contribution is -2.61. The summed E-state index contributed by atoms with van der Waals surface area (Å²) in [5.41, 5.74) is -6.12. The summed E-state index contributed by atoms with van der Waals surface area (Å²) < 4.78 is 132. The number of rotatable bonds is 3. The first-order chi connectivity index (χ1) is 7.72. The minimum atomic E-state index is -6.64. The van der Waals surface area contributed by atoms with Gasteiger partial charge in [-0.2, -0.15) is 35.1 Å². The molecular formula is C7H3F11. The van der Waals surface area contributed by atoms with Crippen molar-refractivity contribution >= 4 is 0 Å². The molecule has 0 spiro atoms. The van der Waals surface area contributed by atoms with E-state index in [0.717, 1.165) is 0 Å². The fraction of sp³-hybridized carbons (Fsp3) is 0.714. The molecule has 18 heavy (non-hydrogen) atoms. The lowest BCUT2D eigenvalue weighted by atomic mass is 9.92. The van der Waals surface area contributed by atoms with Crippen molar-refractivity contribution in [3.05, 3.63) is 12.4 Å². The first-order valence-electron chi connectivity index (χ1n) is 3.84. The van der Waals surface area contributed by atoms with Crippen LogP contribution in [0.2, 0.25) is 0 Å². The van der Waals surface area contributed by atoms with Crippen molar-refractivity contribution in [1.29, 1.82) is 0 Å². The first-order valence-corrected chi connectivity index (χ1v) is 3.84. The van der Waals surface area contributed by atoms with Crippen molar-refractivity contribution in [1.82, 2.24) is 0 Å². The number of hydrogen-bond donors (Lipinski definition) is 0. The topological polar surface area (TPSA) is 0 Å². The minimum absolute atomic E-state index is 1.38. The maximum absolute atomic E-state index is 12.9. The van der Waals surface area contributed by atoms with Gasteiger partial charge in [0.25, 0.3) is 11.8 Å². The Labute approximate surface area is 92.1 Å². The minimum Gasteiger partial charge on any atom is -0.230 e. The quantitative estimate of drug-likeness (QED) is 0.682. The van der Waals surface area contributed by atoms with Crippen molar-refractivity contribution in [3.8, 4) is 0 Å². The van der Waals surface area contributed by atoms with Crippen molar-refractivity contribution < 1.29 is 48.3 Å². The van der Waals surface area contributed by atoms with Gasteiger partial charge in [-0.15, -0.1) is 0 Å². The fourth-order valence-corrected chi connectivity index (χ4v) is 0.871. The highest BCUT2D eigenvalue weighted by Gasteiger charge is 2.77. The summed E-state index contributed by atoms with van der Waals surface area (Å²) in [6.07, 6.45) is -21.5. The molecule has 0 N–H and O–H groups in total. The predicted octanol–water partition coefficient (Wildman–Crippen LogP) is 4.28. The van der Waals surface area contributed by atoms with Crippen LogP contribution < -0.4 is 0 Å². The molecule has 0 aliphatic heterocycles. The van der Waals surface area contributed by atoms with Crippen LogP contribution in [0.1, 0.15) is 0 Å². The highest BCUT2D eigenvalue weighted by atomic mass is 19.4. The average molecular weight is 296 g/mol. The molecule has 0 aromatic heterocycles. The summed E-state index contributed by atoms with van der Waals surface area (Å²) in [6, 6.07) is 0. The standard InChI is InChI=1S/C7H3F11/c8-2-1-4(10,7(16,17)18)5(11,12)3(9)6(13,14)15/h1-3H. The summed E-state index contributed by atoms with van der Waals surface area (Å²) in [5.74, 6) is -6.58. The summed E-state index contributed by atoms with van der Waals surface area (Å²) in [7, 11) is 0. The molecule has 108 valence electrons. The molecule has 11 heteroatoms. The second-order valence-electron chi connectivity index (χ2n) is 3.03. The number of allylic oxidation sites excluding steroid dienone is 1. The van der Waals surface area contributed by atoms with Gasteiger partial charge in [0, 0.05) is 0 Å². The van der Waals surface area contributed by atoms with Gasteiger partial charge in [-0.25, -0.2) is 13.2 Å². The number of alkyl halides is 10. The van der Waals surface area contributed by atoms with Gasteiger partial charge >= 0.3 is 18.3 Å². The zero-order valence-corrected chi connectivity index (χ0v) is 7.89. The lowest BCUT2D eigenvalue weighted by molar-refractivity contribution is -0.329. The van der Waals surface area contributed by atoms with Gasteiger partial charge in [-0.05, 0) is 6.08 Å². The van der Waals surface area contributed by atoms with Crippen LogP contribution in [0.5, 0.6) is 0 Å². The summed E-state index contributed by atoms with van der Waals surface area (Å²) >= 11 is 0. The van der Waals surface area contributed by atoms with Crippen LogP contribution in [-0.4, -0.2) is 30.1 Å². The molecule has 0 nitrogen and oxygen atoms in total. The van der Waals surface area contributed by atoms with Gasteiger partial charge in [0.2, 0.25) is 0 Å². The summed E-state index contributed by atoms with van der Waals surface area (Å²) in [6.45, 7) is 0. The molecule has 0 bridgehead atoms. The normalized spacial score (nSPS) is 19.9. The molecule has 0 aromatic carbocycles. The van der Waals surface area contributed by atoms with Gasteiger partial charge in [-0.1, -0.05) is 0 Å². The highest BCUT2D eigenvalue weighted by molar-refractivity contribution is 5.15. The third-order valence-electron chi connectivity index (χ3n) is 1.80. The summed E-state index contributed by atoms with van der Waals surface area (Å²) in [4.78, 5) is 0. The first kappa shape index (κ1) is 17.0. The smallest absolute Gasteiger partial charge is 0.230 e. The molecule has 2 unspecified atom stereocenters.